The van der Waals surface area contributed by atoms with Gasteiger partial charge in [-0.1, -0.05) is 48.6 Å². The van der Waals surface area contributed by atoms with Crippen molar-refractivity contribution in [3.63, 3.8) is 0 Å². The van der Waals surface area contributed by atoms with E-state index < -0.39 is 23.4 Å². The molecule has 3 aliphatic rings. The molecule has 4 atom stereocenters. The third kappa shape index (κ3) is 4.96. The molecule has 0 saturated heterocycles. The number of fused-ring (bicyclic) bond motifs is 2. The summed E-state index contributed by atoms with van der Waals surface area (Å²) < 4.78 is 10.5. The van der Waals surface area contributed by atoms with Gasteiger partial charge in [-0.15, -0.1) is 0 Å². The number of hydrogen-bond donors (Lipinski definition) is 0. The number of para-hydroxylation sites is 2. The summed E-state index contributed by atoms with van der Waals surface area (Å²) in [6.45, 7) is 2.58. The molecule has 7 nitrogen and oxygen atoms in total. The van der Waals surface area contributed by atoms with Crippen molar-refractivity contribution in [1.29, 1.82) is 0 Å². The first kappa shape index (κ1) is 26.1. The van der Waals surface area contributed by atoms with Crippen LogP contribution < -0.4 is 9.80 Å². The van der Waals surface area contributed by atoms with E-state index in [1.165, 1.54) is 0 Å². The lowest BCUT2D eigenvalue weighted by atomic mass is 9.82. The molecule has 0 N–H and O–H groups in total. The molecular formula is C31H34N2O5. The maximum atomic E-state index is 13.6. The number of Topliss-reactive ketones (excluding diaryl/α,β-unsaturated/α-hetero) is 3. The molecule has 38 heavy (non-hydrogen) atoms. The molecule has 198 valence electrons. The normalized spacial score (nSPS) is 24.2. The number of rotatable bonds is 10. The zero-order valence-electron chi connectivity index (χ0n) is 21.9. The molecule has 1 fully saturated rings. The first-order valence-corrected chi connectivity index (χ1v) is 13.2. The van der Waals surface area contributed by atoms with Gasteiger partial charge in [-0.25, -0.2) is 0 Å². The predicted molar refractivity (Wildman–Crippen MR) is 146 cm³/mol. The fourth-order valence-electron chi connectivity index (χ4n) is 5.89. The van der Waals surface area contributed by atoms with Crippen LogP contribution in [0.2, 0.25) is 0 Å². The van der Waals surface area contributed by atoms with E-state index >= 15 is 0 Å². The quantitative estimate of drug-likeness (QED) is 0.347. The van der Waals surface area contributed by atoms with Crippen molar-refractivity contribution in [3.8, 4) is 0 Å². The first-order chi connectivity index (χ1) is 18.5. The van der Waals surface area contributed by atoms with Crippen molar-refractivity contribution in [2.75, 3.05) is 50.3 Å². The van der Waals surface area contributed by atoms with Crippen molar-refractivity contribution >= 4 is 28.7 Å². The Morgan fingerprint density at radius 2 is 1.08 bits per heavy atom. The summed E-state index contributed by atoms with van der Waals surface area (Å²) in [6.07, 6.45) is 8.68. The Bertz CT molecular complexity index is 1170. The number of carbonyl (C=O) groups is 3. The Hall–Kier alpha value is -3.55. The molecule has 2 aromatic carbocycles. The number of ketones is 3. The van der Waals surface area contributed by atoms with E-state index in [4.69, 9.17) is 9.47 Å². The lowest BCUT2D eigenvalue weighted by Crippen LogP contribution is -2.28. The van der Waals surface area contributed by atoms with E-state index in [-0.39, 0.29) is 17.6 Å². The highest BCUT2D eigenvalue weighted by Gasteiger charge is 2.49. The van der Waals surface area contributed by atoms with Gasteiger partial charge < -0.3 is 19.3 Å². The van der Waals surface area contributed by atoms with E-state index in [0.29, 0.717) is 39.1 Å². The molecule has 2 aliphatic heterocycles. The number of ether oxygens (including phenoxy) is 2. The van der Waals surface area contributed by atoms with Crippen LogP contribution >= 0.6 is 0 Å². The second-order valence-electron chi connectivity index (χ2n) is 10.1. The maximum absolute atomic E-state index is 13.6. The van der Waals surface area contributed by atoms with Gasteiger partial charge in [0.15, 0.2) is 5.78 Å². The number of benzene rings is 2. The minimum absolute atomic E-state index is 0.112. The van der Waals surface area contributed by atoms with Crippen molar-refractivity contribution in [3.05, 3.63) is 84.2 Å². The number of carbonyl (C=O) groups excluding carboxylic acids is 3. The van der Waals surface area contributed by atoms with E-state index in [1.54, 1.807) is 14.2 Å². The fraction of sp³-hybridized carbons (Fsp3) is 0.387. The molecule has 2 aromatic rings. The Kier molecular flexibility index (Phi) is 7.86. The average Bonchev–Trinajstić information content (AvgIpc) is 3.14. The van der Waals surface area contributed by atoms with Gasteiger partial charge in [0.2, 0.25) is 11.6 Å². The second-order valence-corrected chi connectivity index (χ2v) is 10.1. The molecule has 2 heterocycles. The van der Waals surface area contributed by atoms with Gasteiger partial charge >= 0.3 is 0 Å². The average molecular weight is 515 g/mol. The summed E-state index contributed by atoms with van der Waals surface area (Å²) in [6, 6.07) is 16.0. The molecule has 0 amide bonds. The number of nitrogens with zero attached hydrogens (tertiary/aromatic N) is 2. The van der Waals surface area contributed by atoms with Crippen LogP contribution in [-0.4, -0.2) is 57.9 Å². The number of hydrogen-bond acceptors (Lipinski definition) is 7. The summed E-state index contributed by atoms with van der Waals surface area (Å²) in [5.41, 5.74) is 4.20. The van der Waals surface area contributed by atoms with Crippen LogP contribution in [0.5, 0.6) is 0 Å². The standard InChI is InChI=1S/C31H34N2O5/c1-37-17-15-32-13-11-21(23-7-3-5-9-27(23)32)19-25-29(34)26(31(36)30(25)35)20-22-12-14-33(16-18-38-2)28-10-6-4-8-24(22)28/h3-14,21-22,25-26H,15-20H2,1-2H3. The Morgan fingerprint density at radius 3 is 1.50 bits per heavy atom. The molecule has 1 aliphatic carbocycles. The molecule has 0 spiro atoms. The van der Waals surface area contributed by atoms with E-state index in [9.17, 15) is 14.4 Å². The molecule has 1 saturated carbocycles. The van der Waals surface area contributed by atoms with Crippen LogP contribution in [0.1, 0.15) is 35.8 Å². The molecule has 0 aromatic heterocycles. The van der Waals surface area contributed by atoms with Crippen LogP contribution in [0.3, 0.4) is 0 Å². The topological polar surface area (TPSA) is 76.2 Å². The van der Waals surface area contributed by atoms with E-state index in [1.807, 2.05) is 73.1 Å². The van der Waals surface area contributed by atoms with Crippen LogP contribution in [0.15, 0.2) is 73.1 Å². The number of allylic oxidation sites excluding steroid dienone is 2. The zero-order chi connectivity index (χ0) is 26.6. The largest absolute Gasteiger partial charge is 0.383 e. The zero-order valence-corrected chi connectivity index (χ0v) is 21.9. The minimum Gasteiger partial charge on any atom is -0.383 e. The summed E-state index contributed by atoms with van der Waals surface area (Å²) in [5.74, 6) is -3.34. The second kappa shape index (κ2) is 11.5. The number of methoxy groups -OCH3 is 2. The predicted octanol–water partition coefficient (Wildman–Crippen LogP) is 4.25. The highest BCUT2D eigenvalue weighted by molar-refractivity contribution is 6.51. The highest BCUT2D eigenvalue weighted by Crippen LogP contribution is 2.42. The fourth-order valence-corrected chi connectivity index (χ4v) is 5.89. The molecule has 7 heteroatoms. The Labute approximate surface area is 223 Å². The Balaban J connectivity index is 1.33. The summed E-state index contributed by atoms with van der Waals surface area (Å²) in [4.78, 5) is 44.0. The molecule has 0 radical (unpaired) electrons. The van der Waals surface area contributed by atoms with Crippen molar-refractivity contribution in [2.45, 2.75) is 24.7 Å². The lowest BCUT2D eigenvalue weighted by Gasteiger charge is -2.31. The van der Waals surface area contributed by atoms with Gasteiger partial charge in [0.25, 0.3) is 0 Å². The Morgan fingerprint density at radius 1 is 0.658 bits per heavy atom. The van der Waals surface area contributed by atoms with Gasteiger partial charge in [-0.3, -0.25) is 14.4 Å². The van der Waals surface area contributed by atoms with Gasteiger partial charge in [-0.05, 0) is 36.1 Å². The van der Waals surface area contributed by atoms with Crippen LogP contribution in [0.25, 0.3) is 0 Å². The SMILES string of the molecule is COCCN1C=CC(CC2C(=O)C(=O)C(CC3C=CN(CCOC)c4ccccc43)C2=O)c2ccccc21. The minimum atomic E-state index is -0.901. The van der Waals surface area contributed by atoms with Gasteiger partial charge in [0.1, 0.15) is 0 Å². The molecule has 4 unspecified atom stereocenters. The van der Waals surface area contributed by atoms with Gasteiger partial charge in [-0.2, -0.15) is 0 Å². The van der Waals surface area contributed by atoms with Crippen molar-refractivity contribution in [2.24, 2.45) is 11.8 Å². The third-order valence-electron chi connectivity index (χ3n) is 7.90. The molecular weight excluding hydrogens is 480 g/mol. The molecule has 0 bridgehead atoms. The molecule has 5 rings (SSSR count). The summed E-state index contributed by atoms with van der Waals surface area (Å²) >= 11 is 0. The van der Waals surface area contributed by atoms with Crippen LogP contribution in [0.4, 0.5) is 11.4 Å². The summed E-state index contributed by atoms with van der Waals surface area (Å²) in [7, 11) is 3.35. The summed E-state index contributed by atoms with van der Waals surface area (Å²) in [5, 5.41) is 0. The van der Waals surface area contributed by atoms with Gasteiger partial charge in [0, 0.05) is 62.9 Å². The smallest absolute Gasteiger partial charge is 0.209 e. The van der Waals surface area contributed by atoms with Crippen LogP contribution in [0, 0.1) is 11.8 Å². The maximum Gasteiger partial charge on any atom is 0.209 e. The van der Waals surface area contributed by atoms with E-state index in [2.05, 4.69) is 9.80 Å². The van der Waals surface area contributed by atoms with Crippen LogP contribution in [-0.2, 0) is 23.9 Å². The van der Waals surface area contributed by atoms with Crippen molar-refractivity contribution < 1.29 is 23.9 Å². The monoisotopic (exact) mass is 514 g/mol. The first-order valence-electron chi connectivity index (χ1n) is 13.2. The van der Waals surface area contributed by atoms with Crippen molar-refractivity contribution in [1.82, 2.24) is 0 Å². The van der Waals surface area contributed by atoms with E-state index in [0.717, 1.165) is 22.5 Å². The third-order valence-corrected chi connectivity index (χ3v) is 7.90. The van der Waals surface area contributed by atoms with Gasteiger partial charge in [0.05, 0.1) is 25.0 Å². The lowest BCUT2D eigenvalue weighted by molar-refractivity contribution is -0.137. The highest BCUT2D eigenvalue weighted by atomic mass is 16.5. The number of anilines is 2.